The molecule has 19 heavy (non-hydrogen) atoms. The Balaban J connectivity index is 2.64. The fraction of sp³-hybridized carbons (Fsp3) is 0.692. The summed E-state index contributed by atoms with van der Waals surface area (Å²) in [5.74, 6) is -6.20. The minimum atomic E-state index is -3.15. The van der Waals surface area contributed by atoms with Gasteiger partial charge in [0.25, 0.3) is 5.92 Å². The maximum absolute atomic E-state index is 13.0. The zero-order valence-electron chi connectivity index (χ0n) is 11.2. The van der Waals surface area contributed by atoms with Crippen LogP contribution in [-0.2, 0) is 19.1 Å². The standard InChI is InChI=1S/C13H18F2O4/c1-9(12(2,14)15)10(16)19-8-13(11(17)18-3)6-4-5-7-13/h4-5,9H,6-8H2,1-3H3. The third-order valence-electron chi connectivity index (χ3n) is 3.41. The summed E-state index contributed by atoms with van der Waals surface area (Å²) in [6.45, 7) is 1.51. The van der Waals surface area contributed by atoms with Crippen molar-refractivity contribution < 1.29 is 27.8 Å². The minimum absolute atomic E-state index is 0.244. The van der Waals surface area contributed by atoms with Crippen LogP contribution in [0.4, 0.5) is 8.78 Å². The SMILES string of the molecule is COC(=O)C1(COC(=O)C(C)C(C)(F)F)CC=CC1. The second-order valence-corrected chi connectivity index (χ2v) is 4.94. The summed E-state index contributed by atoms with van der Waals surface area (Å²) in [5, 5.41) is 0. The molecule has 1 unspecified atom stereocenters. The van der Waals surface area contributed by atoms with Gasteiger partial charge < -0.3 is 9.47 Å². The third kappa shape index (κ3) is 3.52. The van der Waals surface area contributed by atoms with E-state index in [9.17, 15) is 18.4 Å². The molecule has 0 amide bonds. The molecule has 0 aromatic rings. The molecule has 1 aliphatic carbocycles. The van der Waals surface area contributed by atoms with Crippen molar-refractivity contribution >= 4 is 11.9 Å². The van der Waals surface area contributed by atoms with Crippen molar-refractivity contribution in [3.05, 3.63) is 12.2 Å². The maximum Gasteiger partial charge on any atom is 0.315 e. The molecule has 0 N–H and O–H groups in total. The van der Waals surface area contributed by atoms with Gasteiger partial charge in [-0.25, -0.2) is 8.78 Å². The predicted molar refractivity (Wildman–Crippen MR) is 63.6 cm³/mol. The summed E-state index contributed by atoms with van der Waals surface area (Å²) in [4.78, 5) is 23.2. The van der Waals surface area contributed by atoms with Gasteiger partial charge in [0.05, 0.1) is 7.11 Å². The van der Waals surface area contributed by atoms with Crippen molar-refractivity contribution in [2.45, 2.75) is 32.6 Å². The number of alkyl halides is 2. The highest BCUT2D eigenvalue weighted by Gasteiger charge is 2.43. The molecular formula is C13H18F2O4. The molecule has 0 bridgehead atoms. The molecule has 0 aliphatic heterocycles. The van der Waals surface area contributed by atoms with E-state index >= 15 is 0 Å². The van der Waals surface area contributed by atoms with Crippen molar-refractivity contribution in [2.75, 3.05) is 13.7 Å². The summed E-state index contributed by atoms with van der Waals surface area (Å²) >= 11 is 0. The lowest BCUT2D eigenvalue weighted by Crippen LogP contribution is -2.38. The Hall–Kier alpha value is -1.46. The number of ether oxygens (including phenoxy) is 2. The Morgan fingerprint density at radius 3 is 2.32 bits per heavy atom. The van der Waals surface area contributed by atoms with Crippen LogP contribution in [0.15, 0.2) is 12.2 Å². The number of esters is 2. The van der Waals surface area contributed by atoms with Crippen LogP contribution < -0.4 is 0 Å². The first-order chi connectivity index (χ1) is 8.73. The number of rotatable bonds is 5. The Bertz CT molecular complexity index is 377. The van der Waals surface area contributed by atoms with E-state index in [1.54, 1.807) is 12.2 Å². The molecule has 0 fully saturated rings. The molecular weight excluding hydrogens is 258 g/mol. The quantitative estimate of drug-likeness (QED) is 0.571. The molecule has 0 saturated carbocycles. The number of hydrogen-bond donors (Lipinski definition) is 0. The van der Waals surface area contributed by atoms with Gasteiger partial charge in [-0.3, -0.25) is 9.59 Å². The van der Waals surface area contributed by atoms with Gasteiger partial charge in [-0.1, -0.05) is 12.2 Å². The number of allylic oxidation sites excluding steroid dienone is 2. The van der Waals surface area contributed by atoms with Gasteiger partial charge in [0.15, 0.2) is 0 Å². The van der Waals surface area contributed by atoms with E-state index < -0.39 is 29.2 Å². The summed E-state index contributed by atoms with van der Waals surface area (Å²) in [6, 6.07) is 0. The first-order valence-corrected chi connectivity index (χ1v) is 6.01. The lowest BCUT2D eigenvalue weighted by atomic mass is 9.86. The largest absolute Gasteiger partial charge is 0.468 e. The van der Waals surface area contributed by atoms with Gasteiger partial charge in [0, 0.05) is 6.92 Å². The van der Waals surface area contributed by atoms with Gasteiger partial charge in [-0.05, 0) is 19.8 Å². The van der Waals surface area contributed by atoms with Crippen molar-refractivity contribution in [3.8, 4) is 0 Å². The Kier molecular flexibility index (Phi) is 4.66. The molecule has 4 nitrogen and oxygen atoms in total. The third-order valence-corrected chi connectivity index (χ3v) is 3.41. The highest BCUT2D eigenvalue weighted by molar-refractivity contribution is 5.79. The van der Waals surface area contributed by atoms with Crippen LogP contribution in [0.25, 0.3) is 0 Å². The molecule has 1 atom stereocenters. The topological polar surface area (TPSA) is 52.6 Å². The molecule has 0 aromatic heterocycles. The van der Waals surface area contributed by atoms with Crippen LogP contribution in [0.3, 0.4) is 0 Å². The molecule has 0 saturated heterocycles. The lowest BCUT2D eigenvalue weighted by molar-refractivity contribution is -0.169. The zero-order chi connectivity index (χ0) is 14.7. The van der Waals surface area contributed by atoms with E-state index in [0.29, 0.717) is 19.8 Å². The summed E-state index contributed by atoms with van der Waals surface area (Å²) in [5.41, 5.74) is -0.965. The average molecular weight is 276 g/mol. The molecule has 1 aliphatic rings. The van der Waals surface area contributed by atoms with Crippen LogP contribution in [0, 0.1) is 11.3 Å². The van der Waals surface area contributed by atoms with E-state index in [-0.39, 0.29) is 6.61 Å². The Labute approximate surface area is 110 Å². The number of hydrogen-bond acceptors (Lipinski definition) is 4. The Morgan fingerprint density at radius 1 is 1.37 bits per heavy atom. The zero-order valence-corrected chi connectivity index (χ0v) is 11.2. The molecule has 108 valence electrons. The first kappa shape index (κ1) is 15.6. The number of halogens is 2. The van der Waals surface area contributed by atoms with Gasteiger partial charge >= 0.3 is 11.9 Å². The van der Waals surface area contributed by atoms with E-state index in [1.807, 2.05) is 0 Å². The number of carbonyl (C=O) groups excluding carboxylic acids is 2. The first-order valence-electron chi connectivity index (χ1n) is 6.01. The molecule has 0 radical (unpaired) electrons. The number of methoxy groups -OCH3 is 1. The van der Waals surface area contributed by atoms with Crippen molar-refractivity contribution in [3.63, 3.8) is 0 Å². The summed E-state index contributed by atoms with van der Waals surface area (Å²) < 4.78 is 35.5. The fourth-order valence-electron chi connectivity index (χ4n) is 1.80. The predicted octanol–water partition coefficient (Wildman–Crippen LogP) is 2.33. The van der Waals surface area contributed by atoms with Crippen LogP contribution in [0.1, 0.15) is 26.7 Å². The van der Waals surface area contributed by atoms with Gasteiger partial charge in [-0.2, -0.15) is 0 Å². The van der Waals surface area contributed by atoms with Crippen molar-refractivity contribution in [1.29, 1.82) is 0 Å². The van der Waals surface area contributed by atoms with Crippen molar-refractivity contribution in [2.24, 2.45) is 11.3 Å². The Morgan fingerprint density at radius 2 is 1.89 bits per heavy atom. The molecule has 0 aromatic carbocycles. The maximum atomic E-state index is 13.0. The minimum Gasteiger partial charge on any atom is -0.468 e. The van der Waals surface area contributed by atoms with Crippen LogP contribution >= 0.6 is 0 Å². The van der Waals surface area contributed by atoms with Crippen LogP contribution in [0.2, 0.25) is 0 Å². The fourth-order valence-corrected chi connectivity index (χ4v) is 1.80. The van der Waals surface area contributed by atoms with Crippen LogP contribution in [-0.4, -0.2) is 31.6 Å². The van der Waals surface area contributed by atoms with Gasteiger partial charge in [-0.15, -0.1) is 0 Å². The van der Waals surface area contributed by atoms with Gasteiger partial charge in [0.1, 0.15) is 17.9 Å². The second kappa shape index (κ2) is 5.67. The average Bonchev–Trinajstić information content (AvgIpc) is 2.82. The molecule has 6 heteroatoms. The summed E-state index contributed by atoms with van der Waals surface area (Å²) in [7, 11) is 1.24. The van der Waals surface area contributed by atoms with Crippen molar-refractivity contribution in [1.82, 2.24) is 0 Å². The van der Waals surface area contributed by atoms with Gasteiger partial charge in [0.2, 0.25) is 0 Å². The van der Waals surface area contributed by atoms with E-state index in [1.165, 1.54) is 7.11 Å². The van der Waals surface area contributed by atoms with Crippen LogP contribution in [0.5, 0.6) is 0 Å². The van der Waals surface area contributed by atoms with E-state index in [2.05, 4.69) is 4.74 Å². The lowest BCUT2D eigenvalue weighted by Gasteiger charge is -2.26. The smallest absolute Gasteiger partial charge is 0.315 e. The van der Waals surface area contributed by atoms with E-state index in [0.717, 1.165) is 6.92 Å². The monoisotopic (exact) mass is 276 g/mol. The normalized spacial score (nSPS) is 19.0. The highest BCUT2D eigenvalue weighted by Crippen LogP contribution is 2.35. The molecule has 0 spiro atoms. The second-order valence-electron chi connectivity index (χ2n) is 4.94. The summed E-state index contributed by atoms with van der Waals surface area (Å²) in [6.07, 6.45) is 4.32. The highest BCUT2D eigenvalue weighted by atomic mass is 19.3. The molecule has 0 heterocycles. The van der Waals surface area contributed by atoms with E-state index in [4.69, 9.17) is 4.74 Å². The molecule has 1 rings (SSSR count). The number of carbonyl (C=O) groups is 2.